The lowest BCUT2D eigenvalue weighted by atomic mass is 10.0. The standard InChI is InChI=1S/C69H124O6/c1-4-7-10-13-16-19-22-25-28-30-31-32-33-34-35-36-37-39-41-44-47-50-53-56-59-62-68(71)74-65-66(64-73-67(70)61-58-55-52-49-46-43-40-27-24-21-18-15-12-9-6-3)75-69(72)63-60-57-54-51-48-45-42-38-29-26-23-20-17-14-11-8-5-2/h18,21-22,25-27,29-31,40,66H,4-17,19-20,23-24,28,32-39,41-65H2,1-3H3/b21-18-,25-22-,29-26-,31-30-,40-27-. The molecule has 0 spiro atoms. The van der Waals surface area contributed by atoms with Crippen LogP contribution in [0.1, 0.15) is 342 Å². The maximum atomic E-state index is 12.9. The van der Waals surface area contributed by atoms with Gasteiger partial charge in [0, 0.05) is 19.3 Å². The molecule has 0 N–H and O–H groups in total. The van der Waals surface area contributed by atoms with Gasteiger partial charge in [-0.05, 0) is 109 Å². The van der Waals surface area contributed by atoms with Crippen molar-refractivity contribution in [3.8, 4) is 0 Å². The van der Waals surface area contributed by atoms with Gasteiger partial charge in [0.05, 0.1) is 0 Å². The molecule has 0 heterocycles. The average Bonchev–Trinajstić information content (AvgIpc) is 3.41. The van der Waals surface area contributed by atoms with Crippen molar-refractivity contribution in [2.24, 2.45) is 0 Å². The number of esters is 3. The largest absolute Gasteiger partial charge is 0.462 e. The molecule has 0 aromatic rings. The van der Waals surface area contributed by atoms with Gasteiger partial charge in [-0.15, -0.1) is 0 Å². The minimum atomic E-state index is -0.783. The molecule has 0 aliphatic rings. The smallest absolute Gasteiger partial charge is 0.306 e. The number of carbonyl (C=O) groups excluding carboxylic acids is 3. The van der Waals surface area contributed by atoms with Crippen molar-refractivity contribution >= 4 is 17.9 Å². The van der Waals surface area contributed by atoms with E-state index in [2.05, 4.69) is 81.5 Å². The molecular formula is C69H124O6. The zero-order valence-corrected chi connectivity index (χ0v) is 50.1. The molecule has 0 fully saturated rings. The third-order valence-corrected chi connectivity index (χ3v) is 14.5. The highest BCUT2D eigenvalue weighted by Crippen LogP contribution is 2.17. The SMILES string of the molecule is CCCCC/C=C\C/C=C\CCCCCCCC(=O)OCC(COC(=O)CCCCCCCCCCCCCCC/C=C\C/C=C\CCCCCCC)OC(=O)CCCCCCCCC/C=C\CCCCCCCC. The number of ether oxygens (including phenoxy) is 3. The molecule has 0 rings (SSSR count). The fraction of sp³-hybridized carbons (Fsp3) is 0.812. The summed E-state index contributed by atoms with van der Waals surface area (Å²) < 4.78 is 16.9. The highest BCUT2D eigenvalue weighted by Gasteiger charge is 2.19. The van der Waals surface area contributed by atoms with E-state index in [1.54, 1.807) is 0 Å². The lowest BCUT2D eigenvalue weighted by molar-refractivity contribution is -0.167. The molecule has 0 aliphatic heterocycles. The summed E-state index contributed by atoms with van der Waals surface area (Å²) in [5.74, 6) is -0.881. The average molecular weight is 1050 g/mol. The Kier molecular flexibility index (Phi) is 61.2. The normalized spacial score (nSPS) is 12.4. The summed E-state index contributed by atoms with van der Waals surface area (Å²) in [6, 6.07) is 0. The van der Waals surface area contributed by atoms with E-state index in [1.165, 1.54) is 218 Å². The molecule has 1 unspecified atom stereocenters. The Balaban J connectivity index is 4.31. The second-order valence-corrected chi connectivity index (χ2v) is 22.0. The summed E-state index contributed by atoms with van der Waals surface area (Å²) in [5.41, 5.74) is 0. The van der Waals surface area contributed by atoms with Gasteiger partial charge >= 0.3 is 17.9 Å². The molecule has 0 saturated heterocycles. The molecule has 0 aliphatic carbocycles. The second kappa shape index (κ2) is 63.6. The van der Waals surface area contributed by atoms with Gasteiger partial charge in [-0.1, -0.05) is 274 Å². The van der Waals surface area contributed by atoms with Crippen molar-refractivity contribution in [3.05, 3.63) is 60.8 Å². The number of unbranched alkanes of at least 4 members (excludes halogenated alkanes) is 39. The maximum absolute atomic E-state index is 12.9. The minimum Gasteiger partial charge on any atom is -0.462 e. The van der Waals surface area contributed by atoms with Gasteiger partial charge in [-0.3, -0.25) is 14.4 Å². The highest BCUT2D eigenvalue weighted by molar-refractivity contribution is 5.71. The third kappa shape index (κ3) is 61.8. The molecule has 0 saturated carbocycles. The summed E-state index contributed by atoms with van der Waals surface area (Å²) >= 11 is 0. The Labute approximate surface area is 466 Å². The van der Waals surface area contributed by atoms with Gasteiger partial charge in [0.15, 0.2) is 6.10 Å². The van der Waals surface area contributed by atoms with E-state index in [1.807, 2.05) is 0 Å². The van der Waals surface area contributed by atoms with Crippen molar-refractivity contribution in [2.75, 3.05) is 13.2 Å². The topological polar surface area (TPSA) is 78.9 Å². The van der Waals surface area contributed by atoms with E-state index >= 15 is 0 Å². The zero-order valence-electron chi connectivity index (χ0n) is 50.1. The Morgan fingerprint density at radius 2 is 0.480 bits per heavy atom. The summed E-state index contributed by atoms with van der Waals surface area (Å²) in [6.07, 6.45) is 80.8. The summed E-state index contributed by atoms with van der Waals surface area (Å²) in [5, 5.41) is 0. The van der Waals surface area contributed by atoms with Crippen LogP contribution >= 0.6 is 0 Å². The molecule has 6 heteroatoms. The van der Waals surface area contributed by atoms with Crippen LogP contribution in [0.5, 0.6) is 0 Å². The van der Waals surface area contributed by atoms with E-state index in [4.69, 9.17) is 14.2 Å². The van der Waals surface area contributed by atoms with Crippen LogP contribution in [0, 0.1) is 0 Å². The Morgan fingerprint density at radius 1 is 0.267 bits per heavy atom. The second-order valence-electron chi connectivity index (χ2n) is 22.0. The first kappa shape index (κ1) is 72.1. The van der Waals surface area contributed by atoms with Gasteiger partial charge in [0.1, 0.15) is 13.2 Å². The predicted molar refractivity (Wildman–Crippen MR) is 325 cm³/mol. The van der Waals surface area contributed by atoms with Crippen LogP contribution in [0.25, 0.3) is 0 Å². The molecule has 0 aromatic heterocycles. The van der Waals surface area contributed by atoms with Crippen molar-refractivity contribution in [1.82, 2.24) is 0 Å². The minimum absolute atomic E-state index is 0.0788. The lowest BCUT2D eigenvalue weighted by Gasteiger charge is -2.18. The van der Waals surface area contributed by atoms with Crippen molar-refractivity contribution in [3.63, 3.8) is 0 Å². The monoisotopic (exact) mass is 1050 g/mol. The van der Waals surface area contributed by atoms with Crippen molar-refractivity contribution < 1.29 is 28.6 Å². The molecule has 0 amide bonds. The van der Waals surface area contributed by atoms with Crippen LogP contribution in [-0.4, -0.2) is 37.2 Å². The number of hydrogen-bond acceptors (Lipinski definition) is 6. The van der Waals surface area contributed by atoms with Crippen LogP contribution in [0.4, 0.5) is 0 Å². The molecule has 0 bridgehead atoms. The van der Waals surface area contributed by atoms with Crippen LogP contribution in [0.15, 0.2) is 60.8 Å². The van der Waals surface area contributed by atoms with Gasteiger partial charge in [-0.2, -0.15) is 0 Å². The lowest BCUT2D eigenvalue weighted by Crippen LogP contribution is -2.30. The first-order valence-corrected chi connectivity index (χ1v) is 32.8. The van der Waals surface area contributed by atoms with E-state index in [-0.39, 0.29) is 31.1 Å². The molecule has 436 valence electrons. The van der Waals surface area contributed by atoms with Crippen molar-refractivity contribution in [2.45, 2.75) is 348 Å². The molecule has 0 aromatic carbocycles. The van der Waals surface area contributed by atoms with Crippen LogP contribution < -0.4 is 0 Å². The Hall–Kier alpha value is -2.89. The van der Waals surface area contributed by atoms with Crippen LogP contribution in [-0.2, 0) is 28.6 Å². The molecule has 6 nitrogen and oxygen atoms in total. The van der Waals surface area contributed by atoms with Gasteiger partial charge < -0.3 is 14.2 Å². The van der Waals surface area contributed by atoms with E-state index in [0.29, 0.717) is 19.3 Å². The van der Waals surface area contributed by atoms with E-state index in [0.717, 1.165) is 83.5 Å². The third-order valence-electron chi connectivity index (χ3n) is 14.5. The van der Waals surface area contributed by atoms with E-state index < -0.39 is 6.10 Å². The summed E-state index contributed by atoms with van der Waals surface area (Å²) in [4.78, 5) is 38.3. The molecule has 1 atom stereocenters. The summed E-state index contributed by atoms with van der Waals surface area (Å²) in [7, 11) is 0. The van der Waals surface area contributed by atoms with Gasteiger partial charge in [0.2, 0.25) is 0 Å². The van der Waals surface area contributed by atoms with Crippen LogP contribution in [0.2, 0.25) is 0 Å². The first-order valence-electron chi connectivity index (χ1n) is 32.8. The van der Waals surface area contributed by atoms with Gasteiger partial charge in [0.25, 0.3) is 0 Å². The number of allylic oxidation sites excluding steroid dienone is 10. The van der Waals surface area contributed by atoms with E-state index in [9.17, 15) is 14.4 Å². The predicted octanol–water partition coefficient (Wildman–Crippen LogP) is 22.3. The molecule has 75 heavy (non-hydrogen) atoms. The molecule has 0 radical (unpaired) electrons. The zero-order chi connectivity index (χ0) is 54.3. The summed E-state index contributed by atoms with van der Waals surface area (Å²) in [6.45, 7) is 6.63. The first-order chi connectivity index (χ1) is 37.0. The Morgan fingerprint density at radius 3 is 0.773 bits per heavy atom. The number of rotatable bonds is 60. The number of hydrogen-bond donors (Lipinski definition) is 0. The van der Waals surface area contributed by atoms with Crippen molar-refractivity contribution in [1.29, 1.82) is 0 Å². The fourth-order valence-electron chi connectivity index (χ4n) is 9.50. The fourth-order valence-corrected chi connectivity index (χ4v) is 9.50. The number of carbonyl (C=O) groups is 3. The quantitative estimate of drug-likeness (QED) is 0.0261. The van der Waals surface area contributed by atoms with Crippen LogP contribution in [0.3, 0.4) is 0 Å². The van der Waals surface area contributed by atoms with Gasteiger partial charge in [-0.25, -0.2) is 0 Å². The highest BCUT2D eigenvalue weighted by atomic mass is 16.6. The maximum Gasteiger partial charge on any atom is 0.306 e. The Bertz CT molecular complexity index is 1340. The molecular weight excluding hydrogens is 925 g/mol.